The number of hydrogen-bond acceptors (Lipinski definition) is 14. The van der Waals surface area contributed by atoms with Gasteiger partial charge >= 0.3 is 33.6 Å². The zero-order valence-corrected chi connectivity index (χ0v) is 63.3. The minimum absolute atomic E-state index is 0.109. The van der Waals surface area contributed by atoms with Gasteiger partial charge in [-0.3, -0.25) is 32.5 Å². The minimum Gasteiger partial charge on any atom is -0.463 e. The Morgan fingerprint density at radius 1 is 0.299 bits per heavy atom. The molecule has 0 aromatic carbocycles. The lowest BCUT2D eigenvalue weighted by molar-refractivity contribution is -0.161. The van der Waals surface area contributed by atoms with E-state index in [1.54, 1.807) is 0 Å². The Morgan fingerprint density at radius 3 is 0.876 bits per heavy atom. The van der Waals surface area contributed by atoms with E-state index in [1.165, 1.54) is 154 Å². The third-order valence-corrected chi connectivity index (χ3v) is 18.5. The Bertz CT molecular complexity index is 2110. The van der Waals surface area contributed by atoms with Gasteiger partial charge in [0.05, 0.1) is 26.4 Å². The first-order valence-corrected chi connectivity index (χ1v) is 41.9. The summed E-state index contributed by atoms with van der Waals surface area (Å²) in [6.45, 7) is 2.60. The highest BCUT2D eigenvalue weighted by atomic mass is 31.2. The van der Waals surface area contributed by atoms with E-state index in [0.29, 0.717) is 19.3 Å². The highest BCUT2D eigenvalue weighted by molar-refractivity contribution is 7.47. The molecule has 0 rings (SSSR count). The lowest BCUT2D eigenvalue weighted by atomic mass is 10.0. The third kappa shape index (κ3) is 73.8. The van der Waals surface area contributed by atoms with Gasteiger partial charge in [-0.25, -0.2) is 9.13 Å². The molecule has 0 fully saturated rings. The molecule has 0 saturated heterocycles. The van der Waals surface area contributed by atoms with Crippen molar-refractivity contribution in [1.82, 2.24) is 0 Å². The first-order valence-electron chi connectivity index (χ1n) is 38.9. The zero-order valence-electron chi connectivity index (χ0n) is 61.5. The molecule has 0 bridgehead atoms. The second-order valence-corrected chi connectivity index (χ2v) is 29.0. The van der Waals surface area contributed by atoms with Crippen molar-refractivity contribution in [3.63, 3.8) is 0 Å². The molecule has 0 amide bonds. The van der Waals surface area contributed by atoms with Crippen LogP contribution in [0.2, 0.25) is 0 Å². The highest BCUT2D eigenvalue weighted by Gasteiger charge is 2.29. The van der Waals surface area contributed by atoms with Crippen LogP contribution in [0.4, 0.5) is 0 Å². The van der Waals surface area contributed by atoms with Crippen LogP contribution < -0.4 is 0 Å². The van der Waals surface area contributed by atoms with Crippen LogP contribution in [-0.4, -0.2) is 95.9 Å². The SMILES string of the molecule is CC/C=C\C/C=C\C/C=C\C/C=C\C/C=C\C/C=C\CCCCCCCCCCCCCCC(=O)OCC(O)COP(=O)(O)OCC(O)COP(=O)(O)OCC(COC(=O)CCCCCCC/C=C\CCCCCCCC)OC(=O)CCCCCCCCCCCCCCCCC. The van der Waals surface area contributed by atoms with Gasteiger partial charge in [-0.05, 0) is 96.3 Å². The lowest BCUT2D eigenvalue weighted by Gasteiger charge is -2.21. The Kier molecular flexibility index (Phi) is 70.1. The van der Waals surface area contributed by atoms with Crippen LogP contribution in [0.3, 0.4) is 0 Å². The molecule has 18 heteroatoms. The molecule has 5 atom stereocenters. The Hall–Kier alpha value is -3.27. The quantitative estimate of drug-likeness (QED) is 0.0146. The molecule has 5 unspecified atom stereocenters. The molecular formula is C79H142O16P2. The normalized spacial score (nSPS) is 14.5. The summed E-state index contributed by atoms with van der Waals surface area (Å²) in [5.74, 6) is -1.57. The summed E-state index contributed by atoms with van der Waals surface area (Å²) in [6, 6.07) is 0. The minimum atomic E-state index is -4.92. The average molecular weight is 1410 g/mol. The second-order valence-electron chi connectivity index (χ2n) is 26.1. The second kappa shape index (κ2) is 72.5. The van der Waals surface area contributed by atoms with Gasteiger partial charge in [-0.1, -0.05) is 311 Å². The summed E-state index contributed by atoms with van der Waals surface area (Å²) in [5.41, 5.74) is 0. The van der Waals surface area contributed by atoms with Gasteiger partial charge in [0.25, 0.3) is 0 Å². The van der Waals surface area contributed by atoms with E-state index in [-0.39, 0.29) is 19.3 Å². The fraction of sp³-hybridized carbons (Fsp3) is 0.785. The molecule has 0 radical (unpaired) electrons. The summed E-state index contributed by atoms with van der Waals surface area (Å²) >= 11 is 0. The van der Waals surface area contributed by atoms with Gasteiger partial charge in [0.1, 0.15) is 25.4 Å². The summed E-state index contributed by atoms with van der Waals surface area (Å²) < 4.78 is 61.1. The topological polar surface area (TPSA) is 231 Å². The zero-order chi connectivity index (χ0) is 70.9. The van der Waals surface area contributed by atoms with Crippen LogP contribution in [0, 0.1) is 0 Å². The molecule has 0 heterocycles. The molecule has 0 aliphatic heterocycles. The number of esters is 3. The standard InChI is InChI=1S/C79H142O16P2/c1-4-7-10-13-16-19-22-25-28-29-30-31-32-33-34-35-36-37-38-39-40-41-42-43-46-48-50-53-56-59-62-65-77(82)89-68-74(80)69-91-96(85,86)92-70-75(81)71-93-97(87,88)94-73-76(95-79(84)67-64-61-58-55-52-49-45-27-24-21-18-15-12-9-6-3)72-90-78(83)66-63-60-57-54-51-47-44-26-23-20-17-14-11-8-5-2/h7,10,16,19,25-26,28,30-31,33-34,36-37,44,74-76,80-81H,4-6,8-9,11-15,17-18,20-24,27,29,32,35,38-43,45-73H2,1-3H3,(H,85,86)(H,87,88)/b10-7-,19-16-,28-25-,31-30-,34-33-,37-36-,44-26-. The number of aliphatic hydroxyl groups excluding tert-OH is 2. The van der Waals surface area contributed by atoms with Crippen molar-refractivity contribution in [2.75, 3.05) is 39.6 Å². The van der Waals surface area contributed by atoms with E-state index < -0.39 is 91.5 Å². The molecule has 0 aromatic rings. The van der Waals surface area contributed by atoms with Crippen molar-refractivity contribution in [2.45, 2.75) is 360 Å². The van der Waals surface area contributed by atoms with Crippen LogP contribution in [0.1, 0.15) is 342 Å². The highest BCUT2D eigenvalue weighted by Crippen LogP contribution is 2.45. The van der Waals surface area contributed by atoms with Gasteiger partial charge in [-0.2, -0.15) is 0 Å². The lowest BCUT2D eigenvalue weighted by Crippen LogP contribution is -2.30. The Balaban J connectivity index is 4.43. The average Bonchev–Trinajstić information content (AvgIpc) is 1.84. The number of allylic oxidation sites excluding steroid dienone is 14. The molecule has 97 heavy (non-hydrogen) atoms. The number of hydrogen-bond donors (Lipinski definition) is 4. The van der Waals surface area contributed by atoms with Crippen molar-refractivity contribution < 1.29 is 75.8 Å². The van der Waals surface area contributed by atoms with E-state index in [9.17, 15) is 43.5 Å². The molecule has 16 nitrogen and oxygen atoms in total. The van der Waals surface area contributed by atoms with Gasteiger partial charge in [0, 0.05) is 19.3 Å². The van der Waals surface area contributed by atoms with Gasteiger partial charge in [0.15, 0.2) is 6.10 Å². The van der Waals surface area contributed by atoms with Gasteiger partial charge in [0.2, 0.25) is 0 Å². The third-order valence-electron chi connectivity index (χ3n) is 16.6. The molecule has 0 saturated carbocycles. The number of carbonyl (C=O) groups excluding carboxylic acids is 3. The monoisotopic (exact) mass is 1410 g/mol. The maximum Gasteiger partial charge on any atom is 0.472 e. The number of aliphatic hydroxyl groups is 2. The van der Waals surface area contributed by atoms with Crippen molar-refractivity contribution in [3.8, 4) is 0 Å². The molecule has 0 aliphatic carbocycles. The van der Waals surface area contributed by atoms with Crippen molar-refractivity contribution in [2.24, 2.45) is 0 Å². The van der Waals surface area contributed by atoms with Crippen molar-refractivity contribution in [3.05, 3.63) is 85.1 Å². The van der Waals surface area contributed by atoms with E-state index in [2.05, 4.69) is 106 Å². The Labute approximate surface area is 591 Å². The van der Waals surface area contributed by atoms with Crippen LogP contribution >= 0.6 is 15.6 Å². The summed E-state index contributed by atoms with van der Waals surface area (Å²) in [4.78, 5) is 58.5. The largest absolute Gasteiger partial charge is 0.472 e. The molecule has 564 valence electrons. The predicted octanol–water partition coefficient (Wildman–Crippen LogP) is 22.4. The number of carbonyl (C=O) groups is 3. The number of rotatable bonds is 74. The molecular weight excluding hydrogens is 1270 g/mol. The van der Waals surface area contributed by atoms with Crippen molar-refractivity contribution in [1.29, 1.82) is 0 Å². The van der Waals surface area contributed by atoms with Crippen molar-refractivity contribution >= 4 is 33.6 Å². The smallest absolute Gasteiger partial charge is 0.463 e. The van der Waals surface area contributed by atoms with Crippen LogP contribution in [0.5, 0.6) is 0 Å². The fourth-order valence-electron chi connectivity index (χ4n) is 10.7. The van der Waals surface area contributed by atoms with Gasteiger partial charge < -0.3 is 34.2 Å². The molecule has 4 N–H and O–H groups in total. The molecule has 0 spiro atoms. The summed E-state index contributed by atoms with van der Waals surface area (Å²) in [7, 11) is -9.77. The van der Waals surface area contributed by atoms with Crippen LogP contribution in [-0.2, 0) is 55.8 Å². The van der Waals surface area contributed by atoms with Crippen LogP contribution in [0.25, 0.3) is 0 Å². The number of ether oxygens (including phenoxy) is 3. The molecule has 0 aromatic heterocycles. The molecule has 0 aliphatic rings. The number of unbranched alkanes of at least 4 members (excludes halogenated alkanes) is 37. The van der Waals surface area contributed by atoms with E-state index in [4.69, 9.17) is 32.3 Å². The number of phosphoric ester groups is 2. The maximum atomic E-state index is 12.9. The Morgan fingerprint density at radius 2 is 0.546 bits per heavy atom. The summed E-state index contributed by atoms with van der Waals surface area (Å²) in [6.07, 6.45) is 80.6. The predicted molar refractivity (Wildman–Crippen MR) is 399 cm³/mol. The fourth-order valence-corrected chi connectivity index (χ4v) is 12.3. The van der Waals surface area contributed by atoms with E-state index in [1.807, 2.05) is 0 Å². The first kappa shape index (κ1) is 93.7. The van der Waals surface area contributed by atoms with Crippen LogP contribution in [0.15, 0.2) is 85.1 Å². The first-order chi connectivity index (χ1) is 47.2. The summed E-state index contributed by atoms with van der Waals surface area (Å²) in [5, 5.41) is 20.6. The maximum absolute atomic E-state index is 12.9. The van der Waals surface area contributed by atoms with Gasteiger partial charge in [-0.15, -0.1) is 0 Å². The van der Waals surface area contributed by atoms with E-state index in [0.717, 1.165) is 128 Å². The number of phosphoric acid groups is 2. The van der Waals surface area contributed by atoms with E-state index >= 15 is 0 Å².